The minimum atomic E-state index is -0.494. The molecule has 1 aliphatic heterocycles. The molecule has 1 saturated heterocycles. The molecular weight excluding hydrogens is 421 g/mol. The first kappa shape index (κ1) is 22.3. The molecule has 1 heterocycles. The van der Waals surface area contributed by atoms with E-state index in [4.69, 9.17) is 4.74 Å². The van der Waals surface area contributed by atoms with Crippen molar-refractivity contribution in [2.45, 2.75) is 6.92 Å². The zero-order valence-corrected chi connectivity index (χ0v) is 18.5. The highest BCUT2D eigenvalue weighted by molar-refractivity contribution is 5.94. The number of rotatable bonds is 6. The summed E-state index contributed by atoms with van der Waals surface area (Å²) in [5.41, 5.74) is 2.87. The first-order chi connectivity index (χ1) is 16.0. The van der Waals surface area contributed by atoms with Gasteiger partial charge in [-0.25, -0.2) is 4.39 Å². The fraction of sp³-hybridized carbons (Fsp3) is 0.231. The Hall–Kier alpha value is -3.87. The van der Waals surface area contributed by atoms with Gasteiger partial charge in [0.15, 0.2) is 6.61 Å². The van der Waals surface area contributed by atoms with Gasteiger partial charge in [-0.3, -0.25) is 9.59 Å². The number of benzene rings is 3. The Bertz CT molecular complexity index is 1130. The van der Waals surface area contributed by atoms with Crippen LogP contribution in [0.15, 0.2) is 72.8 Å². The smallest absolute Gasteiger partial charge is 0.262 e. The van der Waals surface area contributed by atoms with Crippen molar-refractivity contribution in [2.75, 3.05) is 43.0 Å². The molecule has 0 aromatic heterocycles. The Morgan fingerprint density at radius 2 is 1.67 bits per heavy atom. The summed E-state index contributed by atoms with van der Waals surface area (Å²) in [6.45, 7) is 4.23. The van der Waals surface area contributed by atoms with Crippen LogP contribution in [0.2, 0.25) is 0 Å². The van der Waals surface area contributed by atoms with Crippen LogP contribution in [0.1, 0.15) is 15.9 Å². The Kier molecular flexibility index (Phi) is 6.88. The third kappa shape index (κ3) is 5.68. The molecule has 0 spiro atoms. The number of anilines is 2. The lowest BCUT2D eigenvalue weighted by molar-refractivity contribution is -0.118. The number of aryl methyl sites for hydroxylation is 1. The van der Waals surface area contributed by atoms with Crippen LogP contribution in [0, 0.1) is 12.7 Å². The number of carbonyl (C=O) groups is 2. The minimum absolute atomic E-state index is 0.0663. The van der Waals surface area contributed by atoms with Crippen LogP contribution < -0.4 is 15.0 Å². The van der Waals surface area contributed by atoms with Crippen molar-refractivity contribution in [1.82, 2.24) is 4.90 Å². The second-order valence-electron chi connectivity index (χ2n) is 7.96. The van der Waals surface area contributed by atoms with Crippen LogP contribution in [0.4, 0.5) is 15.8 Å². The van der Waals surface area contributed by atoms with Crippen molar-refractivity contribution in [3.8, 4) is 5.75 Å². The van der Waals surface area contributed by atoms with Gasteiger partial charge in [0.2, 0.25) is 0 Å². The van der Waals surface area contributed by atoms with Crippen LogP contribution in [0.3, 0.4) is 0 Å². The summed E-state index contributed by atoms with van der Waals surface area (Å²) in [6.07, 6.45) is 0. The molecule has 33 heavy (non-hydrogen) atoms. The van der Waals surface area contributed by atoms with Gasteiger partial charge >= 0.3 is 0 Å². The Labute approximate surface area is 192 Å². The van der Waals surface area contributed by atoms with Crippen LogP contribution in [-0.4, -0.2) is 49.5 Å². The van der Waals surface area contributed by atoms with Crippen molar-refractivity contribution in [3.05, 3.63) is 89.7 Å². The molecule has 0 saturated carbocycles. The first-order valence-corrected chi connectivity index (χ1v) is 10.9. The highest BCUT2D eigenvalue weighted by Gasteiger charge is 2.24. The Balaban J connectivity index is 1.27. The third-order valence-corrected chi connectivity index (χ3v) is 5.55. The number of amides is 2. The normalized spacial score (nSPS) is 13.5. The van der Waals surface area contributed by atoms with Gasteiger partial charge in [0, 0.05) is 37.6 Å². The van der Waals surface area contributed by atoms with E-state index >= 15 is 0 Å². The fourth-order valence-corrected chi connectivity index (χ4v) is 3.78. The molecule has 7 heteroatoms. The van der Waals surface area contributed by atoms with Crippen molar-refractivity contribution >= 4 is 23.2 Å². The van der Waals surface area contributed by atoms with E-state index in [1.54, 1.807) is 17.0 Å². The molecule has 1 aliphatic rings. The molecule has 1 N–H and O–H groups in total. The lowest BCUT2D eigenvalue weighted by Gasteiger charge is -2.36. The summed E-state index contributed by atoms with van der Waals surface area (Å²) in [4.78, 5) is 28.6. The number of carbonyl (C=O) groups excluding carboxylic acids is 2. The van der Waals surface area contributed by atoms with E-state index < -0.39 is 5.82 Å². The molecule has 4 rings (SSSR count). The van der Waals surface area contributed by atoms with Gasteiger partial charge in [0.1, 0.15) is 11.6 Å². The quantitative estimate of drug-likeness (QED) is 0.618. The average molecular weight is 448 g/mol. The number of piperazine rings is 1. The summed E-state index contributed by atoms with van der Waals surface area (Å²) in [5.74, 6) is -0.344. The Morgan fingerprint density at radius 3 is 2.36 bits per heavy atom. The highest BCUT2D eigenvalue weighted by atomic mass is 19.1. The molecule has 6 nitrogen and oxygen atoms in total. The van der Waals surface area contributed by atoms with Gasteiger partial charge in [-0.05, 0) is 61.0 Å². The van der Waals surface area contributed by atoms with E-state index in [-0.39, 0.29) is 24.0 Å². The van der Waals surface area contributed by atoms with E-state index in [2.05, 4.69) is 10.2 Å². The molecule has 170 valence electrons. The maximum atomic E-state index is 13.9. The Morgan fingerprint density at radius 1 is 0.939 bits per heavy atom. The number of nitrogens with zero attached hydrogens (tertiary/aromatic N) is 2. The van der Waals surface area contributed by atoms with Gasteiger partial charge in [-0.15, -0.1) is 0 Å². The topological polar surface area (TPSA) is 61.9 Å². The predicted molar refractivity (Wildman–Crippen MR) is 126 cm³/mol. The van der Waals surface area contributed by atoms with Gasteiger partial charge in [0.05, 0.1) is 5.56 Å². The highest BCUT2D eigenvalue weighted by Crippen LogP contribution is 2.21. The average Bonchev–Trinajstić information content (AvgIpc) is 2.83. The molecule has 3 aromatic rings. The largest absolute Gasteiger partial charge is 0.484 e. The van der Waals surface area contributed by atoms with Crippen molar-refractivity contribution in [3.63, 3.8) is 0 Å². The maximum absolute atomic E-state index is 13.9. The molecular formula is C26H26FN3O3. The lowest BCUT2D eigenvalue weighted by atomic mass is 10.1. The summed E-state index contributed by atoms with van der Waals surface area (Å²) < 4.78 is 19.5. The van der Waals surface area contributed by atoms with Gasteiger partial charge in [-0.1, -0.05) is 24.3 Å². The molecule has 3 aromatic carbocycles. The zero-order chi connectivity index (χ0) is 23.2. The number of nitrogens with one attached hydrogen (secondary N) is 1. The maximum Gasteiger partial charge on any atom is 0.262 e. The van der Waals surface area contributed by atoms with Crippen LogP contribution in [0.25, 0.3) is 0 Å². The van der Waals surface area contributed by atoms with Gasteiger partial charge < -0.3 is 19.9 Å². The van der Waals surface area contributed by atoms with Crippen molar-refractivity contribution in [1.29, 1.82) is 0 Å². The second-order valence-corrected chi connectivity index (χ2v) is 7.96. The SMILES string of the molecule is Cc1cccc(OCC(=O)Nc2ccc(N3CCN(C(=O)c4ccccc4F)CC3)cc2)c1. The van der Waals surface area contributed by atoms with E-state index in [0.29, 0.717) is 37.6 Å². The minimum Gasteiger partial charge on any atom is -0.484 e. The van der Waals surface area contributed by atoms with E-state index in [1.165, 1.54) is 12.1 Å². The van der Waals surface area contributed by atoms with Gasteiger partial charge in [0.25, 0.3) is 11.8 Å². The first-order valence-electron chi connectivity index (χ1n) is 10.9. The number of hydrogen-bond donors (Lipinski definition) is 1. The summed E-state index contributed by atoms with van der Waals surface area (Å²) in [6, 6.07) is 21.2. The number of hydrogen-bond acceptors (Lipinski definition) is 4. The molecule has 0 unspecified atom stereocenters. The number of halogens is 1. The van der Waals surface area contributed by atoms with Gasteiger partial charge in [-0.2, -0.15) is 0 Å². The molecule has 0 atom stereocenters. The van der Waals surface area contributed by atoms with E-state index in [1.807, 2.05) is 55.5 Å². The number of ether oxygens (including phenoxy) is 1. The summed E-state index contributed by atoms with van der Waals surface area (Å²) in [5, 5.41) is 2.83. The third-order valence-electron chi connectivity index (χ3n) is 5.55. The van der Waals surface area contributed by atoms with Crippen LogP contribution >= 0.6 is 0 Å². The second kappa shape index (κ2) is 10.2. The van der Waals surface area contributed by atoms with Crippen LogP contribution in [0.5, 0.6) is 5.75 Å². The van der Waals surface area contributed by atoms with Crippen LogP contribution in [-0.2, 0) is 4.79 Å². The predicted octanol–water partition coefficient (Wildman–Crippen LogP) is 4.11. The fourth-order valence-electron chi connectivity index (χ4n) is 3.78. The van der Waals surface area contributed by atoms with E-state index in [9.17, 15) is 14.0 Å². The van der Waals surface area contributed by atoms with Crippen molar-refractivity contribution < 1.29 is 18.7 Å². The van der Waals surface area contributed by atoms with E-state index in [0.717, 1.165) is 11.3 Å². The molecule has 2 amide bonds. The molecule has 0 radical (unpaired) electrons. The standard InChI is InChI=1S/C26H26FN3O3/c1-19-5-4-6-22(17-19)33-18-25(31)28-20-9-11-21(12-10-20)29-13-15-30(16-14-29)26(32)23-7-2-3-8-24(23)27/h2-12,17H,13-16,18H2,1H3,(H,28,31). The molecule has 0 aliphatic carbocycles. The molecule has 0 bridgehead atoms. The van der Waals surface area contributed by atoms with Crippen molar-refractivity contribution in [2.24, 2.45) is 0 Å². The summed E-state index contributed by atoms with van der Waals surface area (Å²) >= 11 is 0. The zero-order valence-electron chi connectivity index (χ0n) is 18.5. The lowest BCUT2D eigenvalue weighted by Crippen LogP contribution is -2.49. The monoisotopic (exact) mass is 447 g/mol. The molecule has 1 fully saturated rings. The summed E-state index contributed by atoms with van der Waals surface area (Å²) in [7, 11) is 0.